The van der Waals surface area contributed by atoms with E-state index in [1.807, 2.05) is 47.8 Å². The molecule has 3 aromatic carbocycles. The average molecular weight is 497 g/mol. The number of urea groups is 1. The van der Waals surface area contributed by atoms with Crippen molar-refractivity contribution in [3.05, 3.63) is 82.7 Å². The minimum absolute atomic E-state index is 0.387. The van der Waals surface area contributed by atoms with Crippen molar-refractivity contribution in [2.24, 2.45) is 0 Å². The third-order valence-corrected chi connectivity index (χ3v) is 7.81. The summed E-state index contributed by atoms with van der Waals surface area (Å²) in [7, 11) is 0. The van der Waals surface area contributed by atoms with Crippen molar-refractivity contribution in [3.8, 4) is 11.3 Å². The molecule has 36 heavy (non-hydrogen) atoms. The summed E-state index contributed by atoms with van der Waals surface area (Å²) < 4.78 is 0. The van der Waals surface area contributed by atoms with Crippen LogP contribution in [0.1, 0.15) is 30.0 Å². The lowest BCUT2D eigenvalue weighted by Crippen LogP contribution is -2.42. The lowest BCUT2D eigenvalue weighted by atomic mass is 9.90. The van der Waals surface area contributed by atoms with E-state index in [-0.39, 0.29) is 6.54 Å². The lowest BCUT2D eigenvalue weighted by molar-refractivity contribution is -0.133. The van der Waals surface area contributed by atoms with Gasteiger partial charge in [0.15, 0.2) is 5.13 Å². The first-order valence-electron chi connectivity index (χ1n) is 11.9. The zero-order valence-corrected chi connectivity index (χ0v) is 20.5. The Balaban J connectivity index is 1.16. The number of rotatable bonds is 5. The van der Waals surface area contributed by atoms with Gasteiger partial charge in [0.1, 0.15) is 12.1 Å². The van der Waals surface area contributed by atoms with Gasteiger partial charge in [-0.15, -0.1) is 11.3 Å². The Bertz CT molecular complexity index is 1540. The molecule has 1 aromatic heterocycles. The standard InChI is InChI=1S/C28H24N4O3S/c1-28(22-12-11-17-5-2-3-6-20(17)14-22)25(34)32(27(35)31-28)15-24(33)30-26-29-23(16-36-26)21-10-9-18-7-4-8-19(18)13-21/h2-3,5-6,9-14,16H,4,7-8,15H2,1H3,(H,31,35)(H,29,30,33)/t28-/m0/s1. The fraction of sp³-hybridized carbons (Fsp3) is 0.214. The predicted molar refractivity (Wildman–Crippen MR) is 140 cm³/mol. The van der Waals surface area contributed by atoms with Gasteiger partial charge in [-0.05, 0) is 65.8 Å². The smallest absolute Gasteiger partial charge is 0.319 e. The zero-order valence-electron chi connectivity index (χ0n) is 19.7. The molecule has 6 rings (SSSR count). The molecule has 1 aliphatic carbocycles. The van der Waals surface area contributed by atoms with Crippen LogP contribution in [0.25, 0.3) is 22.0 Å². The number of carbonyl (C=O) groups excluding carboxylic acids is 3. The van der Waals surface area contributed by atoms with Crippen LogP contribution in [0, 0.1) is 0 Å². The monoisotopic (exact) mass is 496 g/mol. The van der Waals surface area contributed by atoms with Crippen molar-refractivity contribution < 1.29 is 14.4 Å². The molecule has 0 spiro atoms. The van der Waals surface area contributed by atoms with Crippen molar-refractivity contribution >= 4 is 45.1 Å². The van der Waals surface area contributed by atoms with Gasteiger partial charge in [-0.2, -0.15) is 0 Å². The van der Waals surface area contributed by atoms with E-state index >= 15 is 0 Å². The minimum Gasteiger partial charge on any atom is -0.319 e. The van der Waals surface area contributed by atoms with Crippen LogP contribution in [0.5, 0.6) is 0 Å². The molecule has 2 heterocycles. The molecule has 0 bridgehead atoms. The fourth-order valence-corrected chi connectivity index (χ4v) is 5.77. The van der Waals surface area contributed by atoms with E-state index < -0.39 is 23.4 Å². The van der Waals surface area contributed by atoms with E-state index in [9.17, 15) is 14.4 Å². The van der Waals surface area contributed by atoms with E-state index in [1.54, 1.807) is 6.92 Å². The Morgan fingerprint density at radius 3 is 2.72 bits per heavy atom. The van der Waals surface area contributed by atoms with Crippen LogP contribution in [0.2, 0.25) is 0 Å². The van der Waals surface area contributed by atoms with Crippen LogP contribution < -0.4 is 10.6 Å². The van der Waals surface area contributed by atoms with Crippen molar-refractivity contribution in [1.29, 1.82) is 0 Å². The topological polar surface area (TPSA) is 91.4 Å². The highest BCUT2D eigenvalue weighted by Crippen LogP contribution is 2.32. The number of thiazole rings is 1. The molecule has 1 atom stereocenters. The number of benzene rings is 3. The van der Waals surface area contributed by atoms with Gasteiger partial charge in [0.2, 0.25) is 5.91 Å². The van der Waals surface area contributed by atoms with Gasteiger partial charge >= 0.3 is 6.03 Å². The summed E-state index contributed by atoms with van der Waals surface area (Å²) in [6.45, 7) is 1.28. The molecule has 2 aliphatic rings. The van der Waals surface area contributed by atoms with Gasteiger partial charge in [-0.25, -0.2) is 9.78 Å². The number of amides is 4. The molecule has 1 fully saturated rings. The van der Waals surface area contributed by atoms with Gasteiger partial charge < -0.3 is 10.6 Å². The highest BCUT2D eigenvalue weighted by atomic mass is 32.1. The molecule has 8 heteroatoms. The maximum absolute atomic E-state index is 13.3. The molecule has 2 N–H and O–H groups in total. The third kappa shape index (κ3) is 3.83. The van der Waals surface area contributed by atoms with E-state index in [0.717, 1.165) is 39.8 Å². The number of nitrogens with zero attached hydrogens (tertiary/aromatic N) is 2. The maximum Gasteiger partial charge on any atom is 0.325 e. The second kappa shape index (κ2) is 8.57. The molecule has 4 amide bonds. The number of aromatic nitrogens is 1. The van der Waals surface area contributed by atoms with Crippen LogP contribution in [0.3, 0.4) is 0 Å². The highest BCUT2D eigenvalue weighted by Gasteiger charge is 2.49. The van der Waals surface area contributed by atoms with Crippen molar-refractivity contribution in [2.45, 2.75) is 31.7 Å². The first-order chi connectivity index (χ1) is 17.4. The minimum atomic E-state index is -1.25. The summed E-state index contributed by atoms with van der Waals surface area (Å²) in [5.74, 6) is -0.938. The quantitative estimate of drug-likeness (QED) is 0.386. The molecule has 4 aromatic rings. The number of carbonyl (C=O) groups is 3. The number of hydrogen-bond donors (Lipinski definition) is 2. The summed E-state index contributed by atoms with van der Waals surface area (Å²) in [4.78, 5) is 44.3. The normalized spacial score (nSPS) is 19.0. The SMILES string of the molecule is C[C@@]1(c2ccc3ccccc3c2)NC(=O)N(CC(=O)Nc2nc(-c3ccc4c(c3)CCC4)cs2)C1=O. The summed E-state index contributed by atoms with van der Waals surface area (Å²) in [6.07, 6.45) is 3.39. The molecule has 0 unspecified atom stereocenters. The van der Waals surface area contributed by atoms with Gasteiger partial charge in [-0.3, -0.25) is 14.5 Å². The average Bonchev–Trinajstić information content (AvgIpc) is 3.59. The predicted octanol–water partition coefficient (Wildman–Crippen LogP) is 4.86. The maximum atomic E-state index is 13.3. The molecule has 0 radical (unpaired) electrons. The molecular formula is C28H24N4O3S. The van der Waals surface area contributed by atoms with Crippen molar-refractivity contribution in [3.63, 3.8) is 0 Å². The first kappa shape index (κ1) is 22.4. The summed E-state index contributed by atoms with van der Waals surface area (Å²) >= 11 is 1.32. The van der Waals surface area contributed by atoms with Gasteiger partial charge in [0, 0.05) is 10.9 Å². The van der Waals surface area contributed by atoms with Crippen molar-refractivity contribution in [2.75, 3.05) is 11.9 Å². The van der Waals surface area contributed by atoms with Crippen LogP contribution in [0.15, 0.2) is 66.0 Å². The van der Waals surface area contributed by atoms with E-state index in [4.69, 9.17) is 0 Å². The van der Waals surface area contributed by atoms with E-state index in [2.05, 4.69) is 33.8 Å². The number of fused-ring (bicyclic) bond motifs is 2. The summed E-state index contributed by atoms with van der Waals surface area (Å²) in [5.41, 5.74) is 3.99. The Morgan fingerprint density at radius 1 is 1.06 bits per heavy atom. The number of aryl methyl sites for hydroxylation is 2. The first-order valence-corrected chi connectivity index (χ1v) is 12.8. The molecular weight excluding hydrogens is 472 g/mol. The van der Waals surface area contributed by atoms with E-state index in [1.165, 1.54) is 28.9 Å². The van der Waals surface area contributed by atoms with Crippen LogP contribution in [-0.2, 0) is 28.0 Å². The lowest BCUT2D eigenvalue weighted by Gasteiger charge is -2.22. The highest BCUT2D eigenvalue weighted by molar-refractivity contribution is 7.14. The third-order valence-electron chi connectivity index (χ3n) is 7.05. The molecule has 180 valence electrons. The number of anilines is 1. The molecule has 1 saturated heterocycles. The second-order valence-corrected chi connectivity index (χ2v) is 10.3. The Kier molecular flexibility index (Phi) is 5.34. The van der Waals surface area contributed by atoms with E-state index in [0.29, 0.717) is 10.7 Å². The fourth-order valence-electron chi connectivity index (χ4n) is 5.03. The van der Waals surface area contributed by atoms with Gasteiger partial charge in [0.25, 0.3) is 5.91 Å². The molecule has 0 saturated carbocycles. The van der Waals surface area contributed by atoms with Gasteiger partial charge in [-0.1, -0.05) is 48.5 Å². The Labute approximate surface area is 212 Å². The summed E-state index contributed by atoms with van der Waals surface area (Å²) in [6, 6.07) is 19.3. The zero-order chi connectivity index (χ0) is 24.9. The van der Waals surface area contributed by atoms with Gasteiger partial charge in [0.05, 0.1) is 5.69 Å². The molecule has 1 aliphatic heterocycles. The Hall–Kier alpha value is -4.04. The van der Waals surface area contributed by atoms with Crippen LogP contribution >= 0.6 is 11.3 Å². The van der Waals surface area contributed by atoms with Crippen molar-refractivity contribution in [1.82, 2.24) is 15.2 Å². The Morgan fingerprint density at radius 2 is 1.86 bits per heavy atom. The number of imide groups is 1. The van der Waals surface area contributed by atoms with Crippen LogP contribution in [0.4, 0.5) is 9.93 Å². The number of hydrogen-bond acceptors (Lipinski definition) is 5. The summed E-state index contributed by atoms with van der Waals surface area (Å²) in [5, 5.41) is 9.85. The largest absolute Gasteiger partial charge is 0.325 e. The number of nitrogens with one attached hydrogen (secondary N) is 2. The second-order valence-electron chi connectivity index (χ2n) is 9.43. The molecule has 7 nitrogen and oxygen atoms in total. The van der Waals surface area contributed by atoms with Crippen LogP contribution in [-0.4, -0.2) is 34.3 Å².